The van der Waals surface area contributed by atoms with Gasteiger partial charge in [-0.25, -0.2) is 9.37 Å². The summed E-state index contributed by atoms with van der Waals surface area (Å²) in [7, 11) is 0. The van der Waals surface area contributed by atoms with Crippen molar-refractivity contribution >= 4 is 35.0 Å². The zero-order valence-corrected chi connectivity index (χ0v) is 21.0. The molecule has 4 rings (SSSR count). The number of hydrogen-bond donors (Lipinski definition) is 3. The van der Waals surface area contributed by atoms with Crippen LogP contribution in [0.3, 0.4) is 0 Å². The van der Waals surface area contributed by atoms with Gasteiger partial charge in [-0.15, -0.1) is 0 Å². The van der Waals surface area contributed by atoms with Crippen LogP contribution in [0.4, 0.5) is 10.1 Å². The Morgan fingerprint density at radius 3 is 2.63 bits per heavy atom. The van der Waals surface area contributed by atoms with Crippen LogP contribution in [0.1, 0.15) is 78.9 Å². The van der Waals surface area contributed by atoms with E-state index in [1.807, 2.05) is 13.8 Å². The number of hydrogen-bond acceptors (Lipinski definition) is 4. The normalized spacial score (nSPS) is 22.5. The molecule has 1 saturated carbocycles. The number of aryl methyl sites for hydroxylation is 1. The van der Waals surface area contributed by atoms with Crippen LogP contribution < -0.4 is 15.5 Å². The van der Waals surface area contributed by atoms with Crippen molar-refractivity contribution in [1.82, 2.24) is 20.6 Å². The number of carbonyl (C=O) groups excluding carboxylic acids is 3. The maximum absolute atomic E-state index is 13.9. The first-order valence-electron chi connectivity index (χ1n) is 12.0. The topological polar surface area (TPSA) is 107 Å². The number of aromatic amines is 1. The number of piperidine rings is 1. The molecular weight excluding hydrogens is 473 g/mol. The molecule has 1 spiro atoms. The summed E-state index contributed by atoms with van der Waals surface area (Å²) in [5.41, 5.74) is 0.680. The molecule has 2 aliphatic rings. The van der Waals surface area contributed by atoms with Gasteiger partial charge in [0.1, 0.15) is 11.5 Å². The fourth-order valence-electron chi connectivity index (χ4n) is 5.16. The number of carbonyl (C=O) groups is 3. The number of imidazole rings is 1. The molecule has 8 nitrogen and oxygen atoms in total. The van der Waals surface area contributed by atoms with Gasteiger partial charge in [0.2, 0.25) is 5.91 Å². The lowest BCUT2D eigenvalue weighted by Crippen LogP contribution is -2.52. The molecular formula is C25H31ClFN5O3. The van der Waals surface area contributed by atoms with Crippen LogP contribution >= 0.6 is 11.6 Å². The van der Waals surface area contributed by atoms with Gasteiger partial charge in [0, 0.05) is 24.0 Å². The number of amides is 3. The van der Waals surface area contributed by atoms with Gasteiger partial charge in [0.15, 0.2) is 5.69 Å². The Bertz CT molecular complexity index is 1140. The number of nitrogens with one attached hydrogen (secondary N) is 3. The Labute approximate surface area is 209 Å². The van der Waals surface area contributed by atoms with E-state index in [4.69, 9.17) is 11.6 Å². The number of nitrogens with zero attached hydrogens (tertiary/aromatic N) is 2. The van der Waals surface area contributed by atoms with Crippen molar-refractivity contribution in [1.29, 1.82) is 0 Å². The van der Waals surface area contributed by atoms with Crippen LogP contribution in [0.25, 0.3) is 0 Å². The Morgan fingerprint density at radius 1 is 1.23 bits per heavy atom. The number of benzene rings is 1. The van der Waals surface area contributed by atoms with E-state index in [2.05, 4.69) is 20.6 Å². The van der Waals surface area contributed by atoms with Gasteiger partial charge < -0.3 is 20.5 Å². The molecule has 1 aromatic heterocycles. The van der Waals surface area contributed by atoms with E-state index in [-0.39, 0.29) is 40.3 Å². The predicted octanol–water partition coefficient (Wildman–Crippen LogP) is 4.13. The second kappa shape index (κ2) is 9.97. The summed E-state index contributed by atoms with van der Waals surface area (Å²) in [5.74, 6) is -1.17. The van der Waals surface area contributed by atoms with Crippen LogP contribution in [-0.2, 0) is 4.79 Å². The molecule has 1 aromatic carbocycles. The molecule has 2 aromatic rings. The van der Waals surface area contributed by atoms with Crippen molar-refractivity contribution in [2.45, 2.75) is 71.4 Å². The van der Waals surface area contributed by atoms with Crippen molar-refractivity contribution < 1.29 is 18.8 Å². The van der Waals surface area contributed by atoms with E-state index in [0.29, 0.717) is 43.5 Å². The Morgan fingerprint density at radius 2 is 1.94 bits per heavy atom. The molecule has 0 radical (unpaired) electrons. The second-order valence-corrected chi connectivity index (χ2v) is 10.3. The summed E-state index contributed by atoms with van der Waals surface area (Å²) in [4.78, 5) is 47.3. The van der Waals surface area contributed by atoms with Crippen LogP contribution in [0.5, 0.6) is 0 Å². The third-order valence-corrected chi connectivity index (χ3v) is 7.34. The molecule has 35 heavy (non-hydrogen) atoms. The lowest BCUT2D eigenvalue weighted by atomic mass is 9.67. The fraction of sp³-hybridized carbons (Fsp3) is 0.520. The van der Waals surface area contributed by atoms with Crippen LogP contribution in [0.15, 0.2) is 18.5 Å². The van der Waals surface area contributed by atoms with Crippen molar-refractivity contribution in [3.05, 3.63) is 46.3 Å². The smallest absolute Gasteiger partial charge is 0.272 e. The third kappa shape index (κ3) is 5.05. The Balaban J connectivity index is 1.42. The molecule has 0 bridgehead atoms. The van der Waals surface area contributed by atoms with Crippen molar-refractivity contribution in [3.63, 3.8) is 0 Å². The van der Waals surface area contributed by atoms with E-state index in [1.165, 1.54) is 12.4 Å². The highest BCUT2D eigenvalue weighted by molar-refractivity contribution is 6.34. The van der Waals surface area contributed by atoms with E-state index in [1.54, 1.807) is 17.9 Å². The molecule has 0 unspecified atom stereocenters. The van der Waals surface area contributed by atoms with Gasteiger partial charge in [-0.2, -0.15) is 0 Å². The average Bonchev–Trinajstić information content (AvgIpc) is 3.30. The molecule has 2 fully saturated rings. The quantitative estimate of drug-likeness (QED) is 0.570. The Hall–Kier alpha value is -2.94. The highest BCUT2D eigenvalue weighted by atomic mass is 35.5. The molecule has 3 amide bonds. The highest BCUT2D eigenvalue weighted by Gasteiger charge is 2.47. The summed E-state index contributed by atoms with van der Waals surface area (Å²) in [6.07, 6.45) is 5.49. The number of aromatic nitrogens is 2. The molecule has 1 saturated heterocycles. The van der Waals surface area contributed by atoms with E-state index < -0.39 is 17.1 Å². The lowest BCUT2D eigenvalue weighted by Gasteiger charge is -2.45. The zero-order valence-electron chi connectivity index (χ0n) is 20.2. The number of H-pyrrole nitrogens is 1. The number of anilines is 1. The fourth-order valence-corrected chi connectivity index (χ4v) is 5.41. The molecule has 1 aliphatic heterocycles. The van der Waals surface area contributed by atoms with Crippen LogP contribution in [0, 0.1) is 18.2 Å². The number of halogens is 2. The van der Waals surface area contributed by atoms with Gasteiger partial charge in [0.25, 0.3) is 11.8 Å². The largest absolute Gasteiger partial charge is 0.348 e. The molecule has 188 valence electrons. The Kier molecular flexibility index (Phi) is 7.17. The van der Waals surface area contributed by atoms with Crippen molar-refractivity contribution in [2.24, 2.45) is 5.41 Å². The van der Waals surface area contributed by atoms with E-state index >= 15 is 0 Å². The third-order valence-electron chi connectivity index (χ3n) is 7.03. The minimum absolute atomic E-state index is 0.0163. The number of rotatable bonds is 5. The van der Waals surface area contributed by atoms with Gasteiger partial charge in [-0.05, 0) is 77.0 Å². The first kappa shape index (κ1) is 25.2. The van der Waals surface area contributed by atoms with Crippen molar-refractivity contribution in [2.75, 3.05) is 11.4 Å². The zero-order chi connectivity index (χ0) is 25.3. The summed E-state index contributed by atoms with van der Waals surface area (Å²) < 4.78 is 13.9. The second-order valence-electron chi connectivity index (χ2n) is 9.90. The van der Waals surface area contributed by atoms with E-state index in [0.717, 1.165) is 12.8 Å². The molecule has 10 heteroatoms. The first-order valence-corrected chi connectivity index (χ1v) is 12.4. The van der Waals surface area contributed by atoms with Gasteiger partial charge in [-0.3, -0.25) is 14.4 Å². The molecule has 0 atom stereocenters. The molecule has 2 heterocycles. The maximum Gasteiger partial charge on any atom is 0.272 e. The van der Waals surface area contributed by atoms with Crippen LogP contribution in [-0.4, -0.2) is 46.3 Å². The summed E-state index contributed by atoms with van der Waals surface area (Å²) >= 11 is 6.30. The van der Waals surface area contributed by atoms with Crippen LogP contribution in [0.2, 0.25) is 5.02 Å². The minimum atomic E-state index is -0.513. The van der Waals surface area contributed by atoms with Gasteiger partial charge in [-0.1, -0.05) is 11.6 Å². The highest BCUT2D eigenvalue weighted by Crippen LogP contribution is 2.46. The summed E-state index contributed by atoms with van der Waals surface area (Å²) in [6, 6.07) is 2.71. The molecule has 3 N–H and O–H groups in total. The summed E-state index contributed by atoms with van der Waals surface area (Å²) in [6.45, 7) is 5.87. The lowest BCUT2D eigenvalue weighted by molar-refractivity contribution is -0.132. The first-order chi connectivity index (χ1) is 16.6. The van der Waals surface area contributed by atoms with Gasteiger partial charge >= 0.3 is 0 Å². The average molecular weight is 504 g/mol. The standard InChI is InChI=1S/C25H31ClFN5O3/c1-14(2)30-22(33)20-21(29-13-28-20)23(34)31-16-5-8-25(9-6-16)7-4-10-32(24(25)35)19-11-15(3)18(27)12-17(19)26/h11-14,16H,4-10H2,1-3H3,(H,28,29)(H,30,33)(H,31,34). The van der Waals surface area contributed by atoms with Gasteiger partial charge in [0.05, 0.1) is 17.0 Å². The SMILES string of the molecule is Cc1cc(N2CCCC3(CCC(NC(=O)c4[nH]cnc4C(=O)NC(C)C)CC3)C2=O)c(Cl)cc1F. The predicted molar refractivity (Wildman–Crippen MR) is 131 cm³/mol. The molecule has 1 aliphatic carbocycles. The van der Waals surface area contributed by atoms with E-state index in [9.17, 15) is 18.8 Å². The maximum atomic E-state index is 13.9. The van der Waals surface area contributed by atoms with Crippen molar-refractivity contribution in [3.8, 4) is 0 Å². The monoisotopic (exact) mass is 503 g/mol. The summed E-state index contributed by atoms with van der Waals surface area (Å²) in [5, 5.41) is 5.97. The minimum Gasteiger partial charge on any atom is -0.348 e.